The second kappa shape index (κ2) is 9.59. The topological polar surface area (TPSA) is 90.4 Å². The molecule has 1 aromatic heterocycles. The molecular formula is C26H21N3O4S. The van der Waals surface area contributed by atoms with E-state index in [-0.39, 0.29) is 6.10 Å². The van der Waals surface area contributed by atoms with Gasteiger partial charge in [-0.1, -0.05) is 42.5 Å². The molecule has 1 aliphatic heterocycles. The molecular weight excluding hydrogens is 450 g/mol. The van der Waals surface area contributed by atoms with Crippen molar-refractivity contribution < 1.29 is 18.6 Å². The monoisotopic (exact) mass is 471 g/mol. The van der Waals surface area contributed by atoms with E-state index in [0.717, 1.165) is 22.3 Å². The third kappa shape index (κ3) is 4.36. The number of rotatable bonds is 6. The molecule has 0 saturated carbocycles. The van der Waals surface area contributed by atoms with Crippen LogP contribution >= 0.6 is 12.6 Å². The quantitative estimate of drug-likeness (QED) is 0.392. The predicted molar refractivity (Wildman–Crippen MR) is 129 cm³/mol. The molecule has 0 spiro atoms. The van der Waals surface area contributed by atoms with Crippen LogP contribution in [0.2, 0.25) is 0 Å². The first-order valence-corrected chi connectivity index (χ1v) is 11.2. The summed E-state index contributed by atoms with van der Waals surface area (Å²) < 4.78 is 22.7. The van der Waals surface area contributed by atoms with E-state index in [9.17, 15) is 5.26 Å². The van der Waals surface area contributed by atoms with E-state index in [1.807, 2.05) is 60.7 Å². The fourth-order valence-corrected chi connectivity index (χ4v) is 4.07. The Hall–Kier alpha value is -3.80. The van der Waals surface area contributed by atoms with Crippen LogP contribution in [0.1, 0.15) is 22.3 Å². The van der Waals surface area contributed by atoms with E-state index in [1.165, 1.54) is 0 Å². The zero-order valence-corrected chi connectivity index (χ0v) is 19.2. The second-order valence-electron chi connectivity index (χ2n) is 7.80. The van der Waals surface area contributed by atoms with Crippen LogP contribution in [0.3, 0.4) is 0 Å². The predicted octanol–water partition coefficient (Wildman–Crippen LogP) is 5.08. The summed E-state index contributed by atoms with van der Waals surface area (Å²) in [6.45, 7) is 0.871. The molecule has 0 aliphatic carbocycles. The number of hydrogen-bond acceptors (Lipinski definition) is 8. The third-order valence-electron chi connectivity index (χ3n) is 5.52. The highest BCUT2D eigenvalue weighted by atomic mass is 32.1. The van der Waals surface area contributed by atoms with Gasteiger partial charge in [-0.15, -0.1) is 10.2 Å². The minimum atomic E-state index is -0.395. The Morgan fingerprint density at radius 2 is 1.85 bits per heavy atom. The lowest BCUT2D eigenvalue weighted by molar-refractivity contribution is 0.0272. The summed E-state index contributed by atoms with van der Waals surface area (Å²) in [4.78, 5) is 0. The van der Waals surface area contributed by atoms with Gasteiger partial charge in [-0.2, -0.15) is 17.9 Å². The number of hydrogen-bond donors (Lipinski definition) is 1. The highest BCUT2D eigenvalue weighted by Gasteiger charge is 2.23. The molecule has 2 heterocycles. The van der Waals surface area contributed by atoms with Crippen LogP contribution in [-0.2, 0) is 4.74 Å². The number of nitrogens with zero attached hydrogens (tertiary/aromatic N) is 3. The molecule has 0 amide bonds. The number of methoxy groups -OCH3 is 1. The summed E-state index contributed by atoms with van der Waals surface area (Å²) in [6, 6.07) is 23.1. The summed E-state index contributed by atoms with van der Waals surface area (Å²) in [7, 11) is 1.63. The van der Waals surface area contributed by atoms with Crippen LogP contribution in [0.25, 0.3) is 22.6 Å². The molecule has 4 aromatic rings. The number of thiol groups is 1. The van der Waals surface area contributed by atoms with E-state index in [4.69, 9.17) is 31.3 Å². The number of aromatic nitrogens is 2. The Labute approximate surface area is 202 Å². The average molecular weight is 472 g/mol. The number of nitriles is 1. The van der Waals surface area contributed by atoms with Crippen LogP contribution in [-0.4, -0.2) is 36.6 Å². The van der Waals surface area contributed by atoms with Crippen molar-refractivity contribution in [3.63, 3.8) is 0 Å². The Morgan fingerprint density at radius 1 is 1.06 bits per heavy atom. The zero-order valence-electron chi connectivity index (χ0n) is 18.3. The van der Waals surface area contributed by atoms with Crippen molar-refractivity contribution in [3.05, 3.63) is 83.7 Å². The summed E-state index contributed by atoms with van der Waals surface area (Å²) in [5.41, 5.74) is 4.11. The average Bonchev–Trinajstić information content (AvgIpc) is 3.39. The first-order valence-electron chi connectivity index (χ1n) is 10.7. The van der Waals surface area contributed by atoms with E-state index in [0.29, 0.717) is 42.1 Å². The van der Waals surface area contributed by atoms with Gasteiger partial charge in [-0.3, -0.25) is 0 Å². The van der Waals surface area contributed by atoms with Gasteiger partial charge in [0.15, 0.2) is 17.6 Å². The Balaban J connectivity index is 1.34. The smallest absolute Gasteiger partial charge is 0.247 e. The molecule has 1 aliphatic rings. The number of fused-ring (bicyclic) bond motifs is 1. The minimum absolute atomic E-state index is 0.136. The Morgan fingerprint density at radius 3 is 2.65 bits per heavy atom. The Kier molecular flexibility index (Phi) is 6.21. The van der Waals surface area contributed by atoms with Gasteiger partial charge in [0.1, 0.15) is 11.9 Å². The fourth-order valence-electron chi connectivity index (χ4n) is 3.80. The summed E-state index contributed by atoms with van der Waals surface area (Å²) >= 11 is 4.70. The lowest BCUT2D eigenvalue weighted by Gasteiger charge is -2.26. The largest absolute Gasteiger partial charge is 0.486 e. The SMILES string of the molecule is COCC1COc2cc(-c3nnc(C(S)c4ccc(-c5ccccc5C#N)cc4)o3)ccc2O1. The van der Waals surface area contributed by atoms with Crippen molar-refractivity contribution in [1.29, 1.82) is 5.26 Å². The molecule has 0 saturated heterocycles. The Bertz CT molecular complexity index is 1350. The molecule has 0 N–H and O–H groups in total. The van der Waals surface area contributed by atoms with Crippen LogP contribution in [0, 0.1) is 11.3 Å². The number of benzene rings is 3. The maximum Gasteiger partial charge on any atom is 0.247 e. The van der Waals surface area contributed by atoms with Gasteiger partial charge in [-0.25, -0.2) is 0 Å². The van der Waals surface area contributed by atoms with Crippen molar-refractivity contribution >= 4 is 12.6 Å². The van der Waals surface area contributed by atoms with Crippen LogP contribution in [0.4, 0.5) is 0 Å². The van der Waals surface area contributed by atoms with E-state index in [1.54, 1.807) is 13.2 Å². The standard InChI is InChI=1S/C26H21N3O4S/c1-30-14-20-15-31-23-12-18(10-11-22(23)32-20)25-28-29-26(33-25)24(34)17-8-6-16(7-9-17)21-5-3-2-4-19(21)13-27/h2-12,20,24,34H,14-15H2,1H3. The first-order chi connectivity index (χ1) is 16.7. The second-order valence-corrected chi connectivity index (χ2v) is 8.31. The molecule has 5 rings (SSSR count). The van der Waals surface area contributed by atoms with Crippen molar-refractivity contribution in [2.45, 2.75) is 11.4 Å². The lowest BCUT2D eigenvalue weighted by atomic mass is 9.99. The van der Waals surface area contributed by atoms with Gasteiger partial charge in [0.25, 0.3) is 0 Å². The van der Waals surface area contributed by atoms with Gasteiger partial charge in [-0.05, 0) is 41.0 Å². The molecule has 0 bridgehead atoms. The van der Waals surface area contributed by atoms with Gasteiger partial charge < -0.3 is 18.6 Å². The van der Waals surface area contributed by atoms with E-state index < -0.39 is 5.25 Å². The molecule has 8 heteroatoms. The van der Waals surface area contributed by atoms with E-state index in [2.05, 4.69) is 16.3 Å². The molecule has 170 valence electrons. The molecule has 0 radical (unpaired) electrons. The van der Waals surface area contributed by atoms with E-state index >= 15 is 0 Å². The van der Waals surface area contributed by atoms with Gasteiger partial charge >= 0.3 is 0 Å². The van der Waals surface area contributed by atoms with Gasteiger partial charge in [0, 0.05) is 12.7 Å². The van der Waals surface area contributed by atoms with Gasteiger partial charge in [0.2, 0.25) is 11.8 Å². The molecule has 0 fully saturated rings. The van der Waals surface area contributed by atoms with Crippen LogP contribution < -0.4 is 9.47 Å². The normalized spacial score (nSPS) is 15.5. The number of ether oxygens (including phenoxy) is 3. The maximum atomic E-state index is 9.36. The summed E-state index contributed by atoms with van der Waals surface area (Å²) in [6.07, 6.45) is -0.136. The molecule has 7 nitrogen and oxygen atoms in total. The highest BCUT2D eigenvalue weighted by Crippen LogP contribution is 2.37. The first kappa shape index (κ1) is 22.0. The van der Waals surface area contributed by atoms with Crippen molar-refractivity contribution in [2.75, 3.05) is 20.3 Å². The minimum Gasteiger partial charge on any atom is -0.486 e. The van der Waals surface area contributed by atoms with Crippen molar-refractivity contribution in [3.8, 4) is 40.1 Å². The van der Waals surface area contributed by atoms with Crippen LogP contribution in [0.5, 0.6) is 11.5 Å². The van der Waals surface area contributed by atoms with Crippen molar-refractivity contribution in [2.24, 2.45) is 0 Å². The molecule has 3 aromatic carbocycles. The molecule has 2 atom stereocenters. The molecule has 2 unspecified atom stereocenters. The zero-order chi connectivity index (χ0) is 23.5. The summed E-state index contributed by atoms with van der Waals surface area (Å²) in [5.74, 6) is 2.04. The van der Waals surface area contributed by atoms with Gasteiger partial charge in [0.05, 0.1) is 18.2 Å². The highest BCUT2D eigenvalue weighted by molar-refractivity contribution is 7.80. The maximum absolute atomic E-state index is 9.36. The fraction of sp³-hybridized carbons (Fsp3) is 0.192. The summed E-state index contributed by atoms with van der Waals surface area (Å²) in [5, 5.41) is 17.4. The molecule has 34 heavy (non-hydrogen) atoms. The third-order valence-corrected chi connectivity index (χ3v) is 6.04. The van der Waals surface area contributed by atoms with Crippen molar-refractivity contribution in [1.82, 2.24) is 10.2 Å². The van der Waals surface area contributed by atoms with Crippen LogP contribution in [0.15, 0.2) is 71.1 Å². The lowest BCUT2D eigenvalue weighted by Crippen LogP contribution is -2.32.